The second-order valence-electron chi connectivity index (χ2n) is 7.36. The van der Waals surface area contributed by atoms with Gasteiger partial charge in [0.1, 0.15) is 5.75 Å². The number of amides is 2. The molecule has 2 unspecified atom stereocenters. The van der Waals surface area contributed by atoms with Gasteiger partial charge in [0.05, 0.1) is 13.7 Å². The van der Waals surface area contributed by atoms with Crippen LogP contribution in [-0.4, -0.2) is 37.0 Å². The molecule has 1 aliphatic rings. The van der Waals surface area contributed by atoms with Gasteiger partial charge in [0.2, 0.25) is 11.4 Å². The summed E-state index contributed by atoms with van der Waals surface area (Å²) in [5, 5.41) is 5.38. The molecular formula is C24H26N2O5. The number of aryl methyl sites for hydroxylation is 1. The fourth-order valence-electron chi connectivity index (χ4n) is 3.68. The van der Waals surface area contributed by atoms with E-state index in [1.807, 2.05) is 31.2 Å². The number of nitrogens with one attached hydrogen (secondary N) is 2. The molecule has 2 amide bonds. The first-order chi connectivity index (χ1) is 14.8. The Morgan fingerprint density at radius 1 is 1.10 bits per heavy atom. The number of methoxy groups -OCH3 is 1. The summed E-state index contributed by atoms with van der Waals surface area (Å²) in [6.45, 7) is 4.95. The van der Waals surface area contributed by atoms with Gasteiger partial charge in [0, 0.05) is 18.5 Å². The summed E-state index contributed by atoms with van der Waals surface area (Å²) in [5.74, 6) is -2.16. The minimum absolute atomic E-state index is 0.0668. The normalized spacial score (nSPS) is 20.3. The van der Waals surface area contributed by atoms with Crippen LogP contribution in [0.1, 0.15) is 36.5 Å². The largest absolute Gasteiger partial charge is 0.497 e. The topological polar surface area (TPSA) is 93.7 Å². The van der Waals surface area contributed by atoms with Crippen molar-refractivity contribution in [3.05, 3.63) is 71.3 Å². The van der Waals surface area contributed by atoms with Crippen LogP contribution in [0.3, 0.4) is 0 Å². The van der Waals surface area contributed by atoms with Crippen LogP contribution >= 0.6 is 0 Å². The average Bonchev–Trinajstić information content (AvgIpc) is 2.75. The summed E-state index contributed by atoms with van der Waals surface area (Å²) in [6, 6.07) is 14.7. The zero-order valence-corrected chi connectivity index (χ0v) is 18.0. The summed E-state index contributed by atoms with van der Waals surface area (Å²) in [6.07, 6.45) is 1.78. The number of hydrogen-bond donors (Lipinski definition) is 2. The first-order valence-electron chi connectivity index (χ1n) is 10.0. The Morgan fingerprint density at radius 3 is 2.29 bits per heavy atom. The summed E-state index contributed by atoms with van der Waals surface area (Å²) >= 11 is 0. The highest BCUT2D eigenvalue weighted by Crippen LogP contribution is 2.38. The lowest BCUT2D eigenvalue weighted by Gasteiger charge is -2.40. The van der Waals surface area contributed by atoms with Gasteiger partial charge in [0.15, 0.2) is 0 Å². The minimum atomic E-state index is -1.94. The molecular weight excluding hydrogens is 396 g/mol. The predicted molar refractivity (Wildman–Crippen MR) is 116 cm³/mol. The van der Waals surface area contributed by atoms with Crippen LogP contribution < -0.4 is 15.4 Å². The molecule has 2 aromatic rings. The second-order valence-corrected chi connectivity index (χ2v) is 7.36. The van der Waals surface area contributed by atoms with Crippen molar-refractivity contribution in [3.63, 3.8) is 0 Å². The molecule has 0 fully saturated rings. The van der Waals surface area contributed by atoms with E-state index in [-0.39, 0.29) is 6.61 Å². The van der Waals surface area contributed by atoms with Crippen molar-refractivity contribution in [1.29, 1.82) is 0 Å². The first kappa shape index (κ1) is 22.1. The van der Waals surface area contributed by atoms with Gasteiger partial charge >= 0.3 is 5.97 Å². The summed E-state index contributed by atoms with van der Waals surface area (Å²) < 4.78 is 10.5. The third kappa shape index (κ3) is 4.30. The standard InChI is InChI=1S/C24H26N2O5/c1-5-31-23(29)24(26-16(3)27)20(17-10-12-19(30-4)13-11-17)14-21(25-22(24)28)18-8-6-15(2)7-9-18/h6-14,20H,5H2,1-4H3,(H,25,28)(H,26,27). The van der Waals surface area contributed by atoms with Crippen LogP contribution in [0.2, 0.25) is 0 Å². The highest BCUT2D eigenvalue weighted by molar-refractivity contribution is 6.15. The molecule has 1 aliphatic heterocycles. The molecule has 162 valence electrons. The van der Waals surface area contributed by atoms with Crippen LogP contribution in [0, 0.1) is 6.92 Å². The number of ether oxygens (including phenoxy) is 2. The molecule has 1 heterocycles. The van der Waals surface area contributed by atoms with Crippen molar-refractivity contribution in [2.45, 2.75) is 32.2 Å². The zero-order chi connectivity index (χ0) is 22.6. The predicted octanol–water partition coefficient (Wildman–Crippen LogP) is 2.70. The van der Waals surface area contributed by atoms with Gasteiger partial charge < -0.3 is 20.1 Å². The zero-order valence-electron chi connectivity index (χ0n) is 18.0. The van der Waals surface area contributed by atoms with Gasteiger partial charge in [0.25, 0.3) is 5.91 Å². The second kappa shape index (κ2) is 9.04. The molecule has 0 aromatic heterocycles. The number of carbonyl (C=O) groups excluding carboxylic acids is 3. The van der Waals surface area contributed by atoms with Crippen molar-refractivity contribution in [1.82, 2.24) is 10.6 Å². The van der Waals surface area contributed by atoms with E-state index in [2.05, 4.69) is 10.6 Å². The first-order valence-corrected chi connectivity index (χ1v) is 10.0. The van der Waals surface area contributed by atoms with Crippen molar-refractivity contribution >= 4 is 23.5 Å². The van der Waals surface area contributed by atoms with Crippen LogP contribution in [0.5, 0.6) is 5.75 Å². The molecule has 2 atom stereocenters. The van der Waals surface area contributed by atoms with Gasteiger partial charge in [-0.05, 0) is 43.2 Å². The lowest BCUT2D eigenvalue weighted by molar-refractivity contribution is -0.158. The van der Waals surface area contributed by atoms with Gasteiger partial charge in [-0.25, -0.2) is 4.79 Å². The molecule has 0 aliphatic carbocycles. The lowest BCUT2D eigenvalue weighted by Crippen LogP contribution is -2.68. The number of esters is 1. The molecule has 0 saturated heterocycles. The monoisotopic (exact) mass is 422 g/mol. The third-order valence-corrected chi connectivity index (χ3v) is 5.21. The fraction of sp³-hybridized carbons (Fsp3) is 0.292. The quantitative estimate of drug-likeness (QED) is 0.552. The van der Waals surface area contributed by atoms with Crippen LogP contribution in [-0.2, 0) is 19.1 Å². The smallest absolute Gasteiger partial charge is 0.342 e. The molecule has 31 heavy (non-hydrogen) atoms. The van der Waals surface area contributed by atoms with E-state index in [4.69, 9.17) is 9.47 Å². The Morgan fingerprint density at radius 2 is 1.74 bits per heavy atom. The molecule has 7 heteroatoms. The van der Waals surface area contributed by atoms with E-state index < -0.39 is 29.2 Å². The highest BCUT2D eigenvalue weighted by atomic mass is 16.5. The molecule has 2 aromatic carbocycles. The highest BCUT2D eigenvalue weighted by Gasteiger charge is 2.56. The summed E-state index contributed by atoms with van der Waals surface area (Å²) in [7, 11) is 1.55. The molecule has 0 bridgehead atoms. The van der Waals surface area contributed by atoms with Crippen LogP contribution in [0.4, 0.5) is 0 Å². The summed E-state index contributed by atoms with van der Waals surface area (Å²) in [5.41, 5.74) is 1.14. The van der Waals surface area contributed by atoms with Crippen molar-refractivity contribution in [3.8, 4) is 5.75 Å². The van der Waals surface area contributed by atoms with E-state index in [1.54, 1.807) is 44.4 Å². The molecule has 7 nitrogen and oxygen atoms in total. The van der Waals surface area contributed by atoms with E-state index in [9.17, 15) is 14.4 Å². The SMILES string of the molecule is CCOC(=O)C1(NC(C)=O)C(=O)NC(c2ccc(C)cc2)=CC1c1ccc(OC)cc1. The van der Waals surface area contributed by atoms with Crippen molar-refractivity contribution in [2.24, 2.45) is 0 Å². The fourth-order valence-corrected chi connectivity index (χ4v) is 3.68. The average molecular weight is 422 g/mol. The number of hydrogen-bond acceptors (Lipinski definition) is 5. The number of carbonyl (C=O) groups is 3. The minimum Gasteiger partial charge on any atom is -0.497 e. The molecule has 3 rings (SSSR count). The Bertz CT molecular complexity index is 1010. The van der Waals surface area contributed by atoms with Gasteiger partial charge in [-0.3, -0.25) is 9.59 Å². The molecule has 0 spiro atoms. The Hall–Kier alpha value is -3.61. The Labute approximate surface area is 181 Å². The van der Waals surface area contributed by atoms with E-state index in [1.165, 1.54) is 6.92 Å². The van der Waals surface area contributed by atoms with Crippen molar-refractivity contribution < 1.29 is 23.9 Å². The number of benzene rings is 2. The summed E-state index contributed by atoms with van der Waals surface area (Å²) in [4.78, 5) is 38.6. The molecule has 0 radical (unpaired) electrons. The van der Waals surface area contributed by atoms with E-state index in [0.29, 0.717) is 17.0 Å². The van der Waals surface area contributed by atoms with Crippen molar-refractivity contribution in [2.75, 3.05) is 13.7 Å². The maximum absolute atomic E-state index is 13.4. The third-order valence-electron chi connectivity index (χ3n) is 5.21. The van der Waals surface area contributed by atoms with Gasteiger partial charge in [-0.15, -0.1) is 0 Å². The maximum Gasteiger partial charge on any atom is 0.342 e. The molecule has 0 saturated carbocycles. The Balaban J connectivity index is 2.21. The van der Waals surface area contributed by atoms with Gasteiger partial charge in [-0.2, -0.15) is 0 Å². The van der Waals surface area contributed by atoms with Crippen LogP contribution in [0.25, 0.3) is 5.70 Å². The lowest BCUT2D eigenvalue weighted by atomic mass is 9.75. The van der Waals surface area contributed by atoms with Gasteiger partial charge in [-0.1, -0.05) is 42.0 Å². The van der Waals surface area contributed by atoms with E-state index >= 15 is 0 Å². The number of rotatable bonds is 6. The van der Waals surface area contributed by atoms with E-state index in [0.717, 1.165) is 11.1 Å². The Kier molecular flexibility index (Phi) is 6.44. The van der Waals surface area contributed by atoms with Crippen LogP contribution in [0.15, 0.2) is 54.6 Å². The maximum atomic E-state index is 13.4. The molecule has 2 N–H and O–H groups in total.